The summed E-state index contributed by atoms with van der Waals surface area (Å²) in [6.45, 7) is 4.71. The number of ether oxygens (including phenoxy) is 1. The first-order valence-electron chi connectivity index (χ1n) is 5.79. The van der Waals surface area contributed by atoms with Crippen LogP contribution in [-0.4, -0.2) is 12.5 Å². The van der Waals surface area contributed by atoms with Gasteiger partial charge in [-0.25, -0.2) is 0 Å². The van der Waals surface area contributed by atoms with E-state index in [1.54, 1.807) is 0 Å². The fraction of sp³-hybridized carbons (Fsp3) is 0.462. The lowest BCUT2D eigenvalue weighted by Gasteiger charge is -2.07. The molecule has 0 aromatic heterocycles. The molecule has 1 N–H and O–H groups in total. The molecule has 0 radical (unpaired) electrons. The minimum Gasteiger partial charge on any atom is -0.494 e. The minimum atomic E-state index is 0.0275. The first kappa shape index (κ1) is 12.6. The first-order valence-corrected chi connectivity index (χ1v) is 5.79. The number of hydrogen-bond donors (Lipinski definition) is 1. The first-order chi connectivity index (χ1) is 7.76. The number of nitrogens with one attached hydrogen (secondary N) is 1. The summed E-state index contributed by atoms with van der Waals surface area (Å²) in [4.78, 5) is 11.1. The van der Waals surface area contributed by atoms with Crippen LogP contribution in [0.3, 0.4) is 0 Å². The van der Waals surface area contributed by atoms with Crippen molar-refractivity contribution in [2.45, 2.75) is 33.1 Å². The Balaban J connectivity index is 2.44. The van der Waals surface area contributed by atoms with Gasteiger partial charge >= 0.3 is 0 Å². The molecule has 1 rings (SSSR count). The Morgan fingerprint density at radius 2 is 1.94 bits per heavy atom. The number of benzene rings is 1. The van der Waals surface area contributed by atoms with E-state index < -0.39 is 0 Å². The SMILES string of the molecule is CCCCOc1ccc(NC(=O)CC)cc1. The lowest BCUT2D eigenvalue weighted by atomic mass is 10.3. The smallest absolute Gasteiger partial charge is 0.224 e. The van der Waals surface area contributed by atoms with Gasteiger partial charge in [0, 0.05) is 12.1 Å². The van der Waals surface area contributed by atoms with Crippen molar-refractivity contribution in [3.05, 3.63) is 24.3 Å². The monoisotopic (exact) mass is 221 g/mol. The van der Waals surface area contributed by atoms with E-state index in [1.807, 2.05) is 31.2 Å². The zero-order valence-corrected chi connectivity index (χ0v) is 9.95. The molecule has 0 aliphatic heterocycles. The van der Waals surface area contributed by atoms with Crippen molar-refractivity contribution >= 4 is 11.6 Å². The number of unbranched alkanes of at least 4 members (excludes halogenated alkanes) is 1. The van der Waals surface area contributed by atoms with Crippen LogP contribution < -0.4 is 10.1 Å². The van der Waals surface area contributed by atoms with Gasteiger partial charge in [0.2, 0.25) is 5.91 Å². The maximum absolute atomic E-state index is 11.1. The van der Waals surface area contributed by atoms with Crippen LogP contribution in [0.5, 0.6) is 5.75 Å². The molecule has 0 unspecified atom stereocenters. The molecule has 0 spiro atoms. The summed E-state index contributed by atoms with van der Waals surface area (Å²) in [5, 5.41) is 2.79. The maximum atomic E-state index is 11.1. The van der Waals surface area contributed by atoms with Crippen molar-refractivity contribution in [1.29, 1.82) is 0 Å². The quantitative estimate of drug-likeness (QED) is 0.749. The Kier molecular flexibility index (Phi) is 5.40. The second-order valence-electron chi connectivity index (χ2n) is 3.63. The van der Waals surface area contributed by atoms with Crippen LogP contribution in [-0.2, 0) is 4.79 Å². The zero-order chi connectivity index (χ0) is 11.8. The molecule has 16 heavy (non-hydrogen) atoms. The molecular weight excluding hydrogens is 202 g/mol. The Morgan fingerprint density at radius 3 is 2.50 bits per heavy atom. The molecule has 88 valence electrons. The van der Waals surface area contributed by atoms with Crippen LogP contribution in [0.15, 0.2) is 24.3 Å². The molecule has 0 heterocycles. The van der Waals surface area contributed by atoms with Crippen molar-refractivity contribution in [3.63, 3.8) is 0 Å². The fourth-order valence-corrected chi connectivity index (χ4v) is 1.22. The molecule has 0 aliphatic rings. The summed E-state index contributed by atoms with van der Waals surface area (Å²) in [6, 6.07) is 7.46. The van der Waals surface area contributed by atoms with Gasteiger partial charge in [-0.2, -0.15) is 0 Å². The van der Waals surface area contributed by atoms with Gasteiger partial charge in [-0.15, -0.1) is 0 Å². The van der Waals surface area contributed by atoms with E-state index in [1.165, 1.54) is 0 Å². The molecule has 3 nitrogen and oxygen atoms in total. The Hall–Kier alpha value is -1.51. The van der Waals surface area contributed by atoms with Crippen LogP contribution >= 0.6 is 0 Å². The normalized spacial score (nSPS) is 9.88. The second kappa shape index (κ2) is 6.88. The molecule has 1 aromatic carbocycles. The molecule has 0 aliphatic carbocycles. The van der Waals surface area contributed by atoms with E-state index in [4.69, 9.17) is 4.74 Å². The lowest BCUT2D eigenvalue weighted by molar-refractivity contribution is -0.115. The zero-order valence-electron chi connectivity index (χ0n) is 9.95. The molecule has 0 saturated carbocycles. The number of carbonyl (C=O) groups excluding carboxylic acids is 1. The maximum Gasteiger partial charge on any atom is 0.224 e. The van der Waals surface area contributed by atoms with Crippen LogP contribution in [0, 0.1) is 0 Å². The third-order valence-corrected chi connectivity index (χ3v) is 2.23. The Bertz CT molecular complexity index is 319. The number of amides is 1. The van der Waals surface area contributed by atoms with E-state index >= 15 is 0 Å². The number of carbonyl (C=O) groups is 1. The third kappa shape index (κ3) is 4.34. The van der Waals surface area contributed by atoms with Gasteiger partial charge in [0.25, 0.3) is 0 Å². The summed E-state index contributed by atoms with van der Waals surface area (Å²) in [6.07, 6.45) is 2.69. The van der Waals surface area contributed by atoms with Gasteiger partial charge in [-0.1, -0.05) is 20.3 Å². The highest BCUT2D eigenvalue weighted by molar-refractivity contribution is 5.90. The van der Waals surface area contributed by atoms with Gasteiger partial charge in [-0.3, -0.25) is 4.79 Å². The van der Waals surface area contributed by atoms with Crippen molar-refractivity contribution < 1.29 is 9.53 Å². The van der Waals surface area contributed by atoms with Crippen LogP contribution in [0.2, 0.25) is 0 Å². The standard InChI is InChI=1S/C13H19NO2/c1-3-5-10-16-12-8-6-11(7-9-12)14-13(15)4-2/h6-9H,3-5,10H2,1-2H3,(H,14,15). The predicted molar refractivity (Wildman–Crippen MR) is 65.8 cm³/mol. The van der Waals surface area contributed by atoms with Crippen LogP contribution in [0.25, 0.3) is 0 Å². The summed E-state index contributed by atoms with van der Waals surface area (Å²) in [5.41, 5.74) is 0.815. The fourth-order valence-electron chi connectivity index (χ4n) is 1.22. The third-order valence-electron chi connectivity index (χ3n) is 2.23. The van der Waals surface area contributed by atoms with Gasteiger partial charge in [-0.05, 0) is 30.7 Å². The topological polar surface area (TPSA) is 38.3 Å². The van der Waals surface area contributed by atoms with Crippen molar-refractivity contribution in [2.75, 3.05) is 11.9 Å². The average molecular weight is 221 g/mol. The summed E-state index contributed by atoms with van der Waals surface area (Å²) in [7, 11) is 0. The van der Waals surface area contributed by atoms with E-state index in [9.17, 15) is 4.79 Å². The summed E-state index contributed by atoms with van der Waals surface area (Å²) in [5.74, 6) is 0.877. The van der Waals surface area contributed by atoms with E-state index in [-0.39, 0.29) is 5.91 Å². The van der Waals surface area contributed by atoms with Gasteiger partial charge in [0.15, 0.2) is 0 Å². The second-order valence-corrected chi connectivity index (χ2v) is 3.63. The number of rotatable bonds is 6. The Labute approximate surface area is 96.8 Å². The predicted octanol–water partition coefficient (Wildman–Crippen LogP) is 3.21. The largest absolute Gasteiger partial charge is 0.494 e. The van der Waals surface area contributed by atoms with Crippen molar-refractivity contribution in [1.82, 2.24) is 0 Å². The summed E-state index contributed by atoms with van der Waals surface area (Å²) >= 11 is 0. The molecule has 1 aromatic rings. The van der Waals surface area contributed by atoms with Crippen LogP contribution in [0.4, 0.5) is 5.69 Å². The highest BCUT2D eigenvalue weighted by atomic mass is 16.5. The molecular formula is C13H19NO2. The minimum absolute atomic E-state index is 0.0275. The highest BCUT2D eigenvalue weighted by Gasteiger charge is 1.99. The number of hydrogen-bond acceptors (Lipinski definition) is 2. The van der Waals surface area contributed by atoms with Crippen molar-refractivity contribution in [3.8, 4) is 5.75 Å². The molecule has 1 amide bonds. The molecule has 0 saturated heterocycles. The van der Waals surface area contributed by atoms with Gasteiger partial charge in [0.05, 0.1) is 6.61 Å². The van der Waals surface area contributed by atoms with E-state index in [0.29, 0.717) is 6.42 Å². The van der Waals surface area contributed by atoms with Gasteiger partial charge < -0.3 is 10.1 Å². The molecule has 0 fully saturated rings. The van der Waals surface area contributed by atoms with Gasteiger partial charge in [0.1, 0.15) is 5.75 Å². The molecule has 0 atom stereocenters. The average Bonchev–Trinajstić information content (AvgIpc) is 2.31. The Morgan fingerprint density at radius 1 is 1.25 bits per heavy atom. The van der Waals surface area contributed by atoms with E-state index in [0.717, 1.165) is 30.9 Å². The van der Waals surface area contributed by atoms with Crippen LogP contribution in [0.1, 0.15) is 33.1 Å². The molecule has 0 bridgehead atoms. The van der Waals surface area contributed by atoms with E-state index in [2.05, 4.69) is 12.2 Å². The number of anilines is 1. The molecule has 3 heteroatoms. The lowest BCUT2D eigenvalue weighted by Crippen LogP contribution is -2.09. The van der Waals surface area contributed by atoms with Crippen molar-refractivity contribution in [2.24, 2.45) is 0 Å². The highest BCUT2D eigenvalue weighted by Crippen LogP contribution is 2.16. The summed E-state index contributed by atoms with van der Waals surface area (Å²) < 4.78 is 5.52.